The van der Waals surface area contributed by atoms with Crippen molar-refractivity contribution in [3.63, 3.8) is 0 Å². The van der Waals surface area contributed by atoms with Crippen molar-refractivity contribution in [2.75, 3.05) is 0 Å². The molecule has 0 heterocycles. The molecule has 0 bridgehead atoms. The zero-order valence-electron chi connectivity index (χ0n) is 8.36. The van der Waals surface area contributed by atoms with Gasteiger partial charge in [-0.3, -0.25) is 0 Å². The van der Waals surface area contributed by atoms with Gasteiger partial charge >= 0.3 is 7.69 Å². The molecule has 4 nitrogen and oxygen atoms in total. The van der Waals surface area contributed by atoms with Crippen LogP contribution in [0, 0.1) is 0 Å². The van der Waals surface area contributed by atoms with E-state index in [1.807, 2.05) is 0 Å². The van der Waals surface area contributed by atoms with Crippen LogP contribution in [0.3, 0.4) is 0 Å². The molecule has 0 aliphatic carbocycles. The third-order valence-electron chi connectivity index (χ3n) is 1.86. The van der Waals surface area contributed by atoms with Crippen molar-refractivity contribution in [1.29, 1.82) is 0 Å². The molecule has 0 rings (SSSR count). The summed E-state index contributed by atoms with van der Waals surface area (Å²) in [4.78, 5) is 0. The highest BCUT2D eigenvalue weighted by Crippen LogP contribution is 2.24. The number of hydrogen-bond donors (Lipinski definition) is 4. The van der Waals surface area contributed by atoms with E-state index < -0.39 is 11.2 Å². The molecule has 5 heteroatoms. The summed E-state index contributed by atoms with van der Waals surface area (Å²) in [6, 6.07) is 0. The normalized spacial score (nSPS) is 15.0. The maximum absolute atomic E-state index is 9.53. The highest BCUT2D eigenvalue weighted by atomic mass is 16.4. The fourth-order valence-electron chi connectivity index (χ4n) is 0.531. The second-order valence-corrected chi connectivity index (χ2v) is 3.44. The summed E-state index contributed by atoms with van der Waals surface area (Å²) in [7, 11) is 0. The van der Waals surface area contributed by atoms with Crippen LogP contribution in [0.1, 0.15) is 27.2 Å². The summed E-state index contributed by atoms with van der Waals surface area (Å²) in [5.74, 6) is 0. The Bertz CT molecular complexity index is 140. The molecule has 1 atom stereocenters. The number of aliphatic hydroxyl groups is 2. The van der Waals surface area contributed by atoms with Crippen molar-refractivity contribution in [3.05, 3.63) is 12.7 Å². The Morgan fingerprint density at radius 2 is 1.54 bits per heavy atom. The van der Waals surface area contributed by atoms with Crippen molar-refractivity contribution in [3.8, 4) is 0 Å². The van der Waals surface area contributed by atoms with Gasteiger partial charge in [0.2, 0.25) is 0 Å². The molecule has 0 aromatic heterocycles. The number of rotatable bonds is 3. The van der Waals surface area contributed by atoms with Gasteiger partial charge in [-0.2, -0.15) is 0 Å². The van der Waals surface area contributed by atoms with Gasteiger partial charge in [-0.15, -0.1) is 6.58 Å². The molecule has 0 saturated carbocycles. The molecule has 0 fully saturated rings. The zero-order valence-corrected chi connectivity index (χ0v) is 8.36. The van der Waals surface area contributed by atoms with Crippen LogP contribution in [-0.4, -0.2) is 39.1 Å². The molecule has 0 aromatic rings. The van der Waals surface area contributed by atoms with Gasteiger partial charge in [-0.25, -0.2) is 0 Å². The van der Waals surface area contributed by atoms with Gasteiger partial charge in [-0.05, 0) is 27.2 Å². The van der Waals surface area contributed by atoms with E-state index in [9.17, 15) is 10.2 Å². The third kappa shape index (κ3) is 6.77. The largest absolute Gasteiger partial charge is 0.482 e. The molecule has 1 unspecified atom stereocenters. The monoisotopic (exact) mass is 189 g/mol. The van der Waals surface area contributed by atoms with Crippen molar-refractivity contribution in [2.24, 2.45) is 0 Å². The standard InChI is InChI=1S/C8H16O2.BH2O2/c1-5-6-8(4,10)7(2,3)9;2-1-3/h5,9-10H,1,6H2,2-4H3;2-3H. The first-order valence-electron chi connectivity index (χ1n) is 3.88. The van der Waals surface area contributed by atoms with E-state index in [1.54, 1.807) is 26.8 Å². The summed E-state index contributed by atoms with van der Waals surface area (Å²) in [6.45, 7) is 8.24. The van der Waals surface area contributed by atoms with Crippen LogP contribution < -0.4 is 0 Å². The average Bonchev–Trinajstić information content (AvgIpc) is 1.85. The van der Waals surface area contributed by atoms with E-state index in [1.165, 1.54) is 0 Å². The van der Waals surface area contributed by atoms with Crippen LogP contribution in [0.15, 0.2) is 12.7 Å². The van der Waals surface area contributed by atoms with E-state index in [0.717, 1.165) is 0 Å². The predicted molar refractivity (Wildman–Crippen MR) is 51.9 cm³/mol. The molecular formula is C8H18BO4. The van der Waals surface area contributed by atoms with Gasteiger partial charge in [0, 0.05) is 0 Å². The van der Waals surface area contributed by atoms with Gasteiger partial charge in [0.05, 0.1) is 11.2 Å². The van der Waals surface area contributed by atoms with Crippen molar-refractivity contribution >= 4 is 7.69 Å². The second kappa shape index (κ2) is 6.15. The summed E-state index contributed by atoms with van der Waals surface area (Å²) < 4.78 is 0. The van der Waals surface area contributed by atoms with Gasteiger partial charge in [0.1, 0.15) is 0 Å². The van der Waals surface area contributed by atoms with Crippen LogP contribution in [0.25, 0.3) is 0 Å². The summed E-state index contributed by atoms with van der Waals surface area (Å²) >= 11 is 0. The zero-order chi connectivity index (χ0) is 11.1. The van der Waals surface area contributed by atoms with E-state index in [4.69, 9.17) is 10.0 Å². The minimum absolute atomic E-state index is 0. The van der Waals surface area contributed by atoms with Crippen LogP contribution in [0.2, 0.25) is 0 Å². The van der Waals surface area contributed by atoms with Gasteiger partial charge < -0.3 is 20.3 Å². The van der Waals surface area contributed by atoms with Gasteiger partial charge in [0.25, 0.3) is 0 Å². The van der Waals surface area contributed by atoms with Crippen molar-refractivity contribution in [2.45, 2.75) is 38.4 Å². The molecule has 0 aromatic carbocycles. The Balaban J connectivity index is 0. The quantitative estimate of drug-likeness (QED) is 0.359. The lowest BCUT2D eigenvalue weighted by Gasteiger charge is -2.34. The molecule has 0 aliphatic rings. The minimum atomic E-state index is -1.07. The maximum atomic E-state index is 9.53. The Morgan fingerprint density at radius 1 is 1.23 bits per heavy atom. The Hall–Kier alpha value is -0.355. The average molecular weight is 189 g/mol. The van der Waals surface area contributed by atoms with E-state index >= 15 is 0 Å². The van der Waals surface area contributed by atoms with Crippen molar-refractivity contribution in [1.82, 2.24) is 0 Å². The molecule has 0 aliphatic heterocycles. The van der Waals surface area contributed by atoms with Crippen LogP contribution in [0.4, 0.5) is 0 Å². The van der Waals surface area contributed by atoms with E-state index in [0.29, 0.717) is 6.42 Å². The first-order chi connectivity index (χ1) is 5.72. The summed E-state index contributed by atoms with van der Waals surface area (Å²) in [5.41, 5.74) is -2.14. The van der Waals surface area contributed by atoms with Gasteiger partial charge in [0.15, 0.2) is 0 Å². The number of hydrogen-bond acceptors (Lipinski definition) is 4. The lowest BCUT2D eigenvalue weighted by molar-refractivity contribution is -0.117. The Morgan fingerprint density at radius 3 is 1.62 bits per heavy atom. The topological polar surface area (TPSA) is 80.9 Å². The van der Waals surface area contributed by atoms with Crippen LogP contribution in [-0.2, 0) is 0 Å². The Labute approximate surface area is 79.8 Å². The molecule has 1 radical (unpaired) electrons. The Kier molecular flexibility index (Phi) is 7.16. The maximum Gasteiger partial charge on any atom is 0.482 e. The van der Waals surface area contributed by atoms with Crippen molar-refractivity contribution < 1.29 is 20.3 Å². The molecule has 77 valence electrons. The lowest BCUT2D eigenvalue weighted by atomic mass is 9.85. The fraction of sp³-hybridized carbons (Fsp3) is 0.750. The second-order valence-electron chi connectivity index (χ2n) is 3.44. The molecule has 0 amide bonds. The molecule has 0 saturated heterocycles. The first kappa shape index (κ1) is 15.1. The first-order valence-corrected chi connectivity index (χ1v) is 3.88. The smallest absolute Gasteiger partial charge is 0.429 e. The highest BCUT2D eigenvalue weighted by molar-refractivity contribution is 6.13. The summed E-state index contributed by atoms with van der Waals surface area (Å²) in [6.07, 6.45) is 1.99. The lowest BCUT2D eigenvalue weighted by Crippen LogP contribution is -2.47. The summed E-state index contributed by atoms with van der Waals surface area (Å²) in [5, 5.41) is 32.9. The molecular weight excluding hydrogens is 171 g/mol. The SMILES string of the molecule is C=CCC(C)(O)C(C)(C)O.O[B]O. The van der Waals surface area contributed by atoms with E-state index in [-0.39, 0.29) is 7.69 Å². The molecule has 0 spiro atoms. The van der Waals surface area contributed by atoms with Crippen LogP contribution >= 0.6 is 0 Å². The van der Waals surface area contributed by atoms with E-state index in [2.05, 4.69) is 6.58 Å². The molecule has 4 N–H and O–H groups in total. The minimum Gasteiger partial charge on any atom is -0.429 e. The van der Waals surface area contributed by atoms with Crippen LogP contribution in [0.5, 0.6) is 0 Å². The fourth-order valence-corrected chi connectivity index (χ4v) is 0.531. The molecule has 13 heavy (non-hydrogen) atoms. The third-order valence-corrected chi connectivity index (χ3v) is 1.86. The highest BCUT2D eigenvalue weighted by Gasteiger charge is 2.35. The van der Waals surface area contributed by atoms with Gasteiger partial charge in [-0.1, -0.05) is 6.08 Å². The predicted octanol–water partition coefficient (Wildman–Crippen LogP) is -0.410.